The Kier molecular flexibility index (Phi) is 4.77. The first-order valence-corrected chi connectivity index (χ1v) is 8.12. The zero-order chi connectivity index (χ0) is 15.4. The third-order valence-corrected chi connectivity index (χ3v) is 4.63. The fourth-order valence-electron chi connectivity index (χ4n) is 3.25. The molecular formula is C16H24N4O2. The number of nitrogens with zero attached hydrogens (tertiary/aromatic N) is 3. The smallest absolute Gasteiger partial charge is 0.317 e. The van der Waals surface area contributed by atoms with E-state index < -0.39 is 6.10 Å². The van der Waals surface area contributed by atoms with Gasteiger partial charge < -0.3 is 20.2 Å². The number of piperazine rings is 1. The van der Waals surface area contributed by atoms with Gasteiger partial charge in [0.1, 0.15) is 0 Å². The fraction of sp³-hybridized carbons (Fsp3) is 0.625. The molecule has 2 atom stereocenters. The number of aliphatic hydroxyl groups is 1. The van der Waals surface area contributed by atoms with Crippen molar-refractivity contribution in [1.82, 2.24) is 15.2 Å². The van der Waals surface area contributed by atoms with Crippen LogP contribution in [-0.2, 0) is 0 Å². The summed E-state index contributed by atoms with van der Waals surface area (Å²) in [4.78, 5) is 20.5. The molecule has 0 bridgehead atoms. The maximum Gasteiger partial charge on any atom is 0.317 e. The van der Waals surface area contributed by atoms with E-state index in [2.05, 4.69) is 15.2 Å². The average Bonchev–Trinajstić information content (AvgIpc) is 2.58. The monoisotopic (exact) mass is 304 g/mol. The summed E-state index contributed by atoms with van der Waals surface area (Å²) in [6.45, 7) is 3.06. The standard InChI is InChI=1S/C16H24N4O2/c21-15-4-2-1-3-14(15)18-16(22)20-11-9-19(10-12-20)13-5-7-17-8-6-13/h5-8,14-15,21H,1-4,9-12H2,(H,18,22)/t14-,15-/m1/s1. The van der Waals surface area contributed by atoms with Gasteiger partial charge in [0, 0.05) is 44.3 Å². The number of anilines is 1. The van der Waals surface area contributed by atoms with Crippen LogP contribution in [0.25, 0.3) is 0 Å². The Balaban J connectivity index is 1.49. The minimum atomic E-state index is -0.393. The molecule has 1 saturated heterocycles. The molecule has 0 radical (unpaired) electrons. The van der Waals surface area contributed by atoms with Crippen molar-refractivity contribution in [1.29, 1.82) is 0 Å². The van der Waals surface area contributed by atoms with Crippen molar-refractivity contribution in [2.24, 2.45) is 0 Å². The van der Waals surface area contributed by atoms with Crippen molar-refractivity contribution in [3.63, 3.8) is 0 Å². The van der Waals surface area contributed by atoms with Crippen LogP contribution in [0.5, 0.6) is 0 Å². The molecule has 1 saturated carbocycles. The molecule has 0 aromatic carbocycles. The summed E-state index contributed by atoms with van der Waals surface area (Å²) < 4.78 is 0. The number of carbonyl (C=O) groups is 1. The number of amides is 2. The second kappa shape index (κ2) is 6.96. The van der Waals surface area contributed by atoms with Crippen molar-refractivity contribution in [2.75, 3.05) is 31.1 Å². The molecular weight excluding hydrogens is 280 g/mol. The Bertz CT molecular complexity index is 488. The zero-order valence-corrected chi connectivity index (χ0v) is 12.8. The molecule has 2 amide bonds. The number of hydrogen-bond donors (Lipinski definition) is 2. The van der Waals surface area contributed by atoms with E-state index in [0.717, 1.165) is 44.5 Å². The first-order chi connectivity index (χ1) is 10.7. The number of nitrogens with one attached hydrogen (secondary N) is 1. The lowest BCUT2D eigenvalue weighted by Crippen LogP contribution is -2.55. The summed E-state index contributed by atoms with van der Waals surface area (Å²) >= 11 is 0. The molecule has 2 N–H and O–H groups in total. The molecule has 0 unspecified atom stereocenters. The van der Waals surface area contributed by atoms with E-state index in [1.54, 1.807) is 12.4 Å². The summed E-state index contributed by atoms with van der Waals surface area (Å²) in [7, 11) is 0. The van der Waals surface area contributed by atoms with Gasteiger partial charge >= 0.3 is 6.03 Å². The van der Waals surface area contributed by atoms with E-state index in [1.165, 1.54) is 0 Å². The third-order valence-electron chi connectivity index (χ3n) is 4.63. The number of aromatic nitrogens is 1. The lowest BCUT2D eigenvalue weighted by atomic mass is 9.93. The molecule has 120 valence electrons. The minimum absolute atomic E-state index is 0.0414. The molecule has 2 fully saturated rings. The van der Waals surface area contributed by atoms with Crippen molar-refractivity contribution in [3.05, 3.63) is 24.5 Å². The maximum absolute atomic E-state index is 12.3. The van der Waals surface area contributed by atoms with Crippen LogP contribution in [0.4, 0.5) is 10.5 Å². The number of aliphatic hydroxyl groups excluding tert-OH is 1. The van der Waals surface area contributed by atoms with Crippen LogP contribution in [0.1, 0.15) is 25.7 Å². The second-order valence-corrected chi connectivity index (χ2v) is 6.09. The number of rotatable bonds is 2. The van der Waals surface area contributed by atoms with Crippen molar-refractivity contribution in [2.45, 2.75) is 37.8 Å². The summed E-state index contributed by atoms with van der Waals surface area (Å²) in [6.07, 6.45) is 6.99. The second-order valence-electron chi connectivity index (χ2n) is 6.09. The van der Waals surface area contributed by atoms with Crippen LogP contribution >= 0.6 is 0 Å². The van der Waals surface area contributed by atoms with Gasteiger partial charge in [0.05, 0.1) is 12.1 Å². The lowest BCUT2D eigenvalue weighted by molar-refractivity contribution is 0.0895. The molecule has 0 spiro atoms. The Morgan fingerprint density at radius 3 is 2.50 bits per heavy atom. The first kappa shape index (κ1) is 15.1. The Morgan fingerprint density at radius 2 is 1.82 bits per heavy atom. The molecule has 1 aromatic rings. The number of urea groups is 1. The van der Waals surface area contributed by atoms with Crippen molar-refractivity contribution in [3.8, 4) is 0 Å². The predicted octanol–water partition coefficient (Wildman–Crippen LogP) is 1.22. The fourth-order valence-corrected chi connectivity index (χ4v) is 3.25. The molecule has 6 nitrogen and oxygen atoms in total. The topological polar surface area (TPSA) is 68.7 Å². The lowest BCUT2D eigenvalue weighted by Gasteiger charge is -2.37. The van der Waals surface area contributed by atoms with Crippen LogP contribution in [-0.4, -0.2) is 59.3 Å². The van der Waals surface area contributed by atoms with Crippen LogP contribution in [0.2, 0.25) is 0 Å². The molecule has 6 heteroatoms. The average molecular weight is 304 g/mol. The van der Waals surface area contributed by atoms with Gasteiger partial charge in [-0.3, -0.25) is 4.98 Å². The van der Waals surface area contributed by atoms with Crippen LogP contribution in [0, 0.1) is 0 Å². The van der Waals surface area contributed by atoms with Gasteiger partial charge in [-0.1, -0.05) is 12.8 Å². The van der Waals surface area contributed by atoms with Gasteiger partial charge in [-0.2, -0.15) is 0 Å². The van der Waals surface area contributed by atoms with E-state index >= 15 is 0 Å². The van der Waals surface area contributed by atoms with Gasteiger partial charge in [-0.15, -0.1) is 0 Å². The molecule has 3 rings (SSSR count). The quantitative estimate of drug-likeness (QED) is 0.862. The Labute approximate surface area is 131 Å². The van der Waals surface area contributed by atoms with Gasteiger partial charge in [0.25, 0.3) is 0 Å². The molecule has 1 aliphatic heterocycles. The molecule has 22 heavy (non-hydrogen) atoms. The molecule has 1 aromatic heterocycles. The highest BCUT2D eigenvalue weighted by molar-refractivity contribution is 5.75. The molecule has 2 heterocycles. The van der Waals surface area contributed by atoms with Crippen molar-refractivity contribution < 1.29 is 9.90 Å². The summed E-state index contributed by atoms with van der Waals surface area (Å²) in [5.41, 5.74) is 1.15. The summed E-state index contributed by atoms with van der Waals surface area (Å²) in [6, 6.07) is 3.86. The summed E-state index contributed by atoms with van der Waals surface area (Å²) in [5, 5.41) is 13.0. The van der Waals surface area contributed by atoms with Gasteiger partial charge in [0.15, 0.2) is 0 Å². The van der Waals surface area contributed by atoms with Gasteiger partial charge in [0.2, 0.25) is 0 Å². The third kappa shape index (κ3) is 3.50. The normalized spacial score (nSPS) is 25.9. The predicted molar refractivity (Wildman–Crippen MR) is 84.8 cm³/mol. The number of carbonyl (C=O) groups excluding carboxylic acids is 1. The Hall–Kier alpha value is -1.82. The van der Waals surface area contributed by atoms with E-state index in [4.69, 9.17) is 0 Å². The Morgan fingerprint density at radius 1 is 1.14 bits per heavy atom. The molecule has 1 aliphatic carbocycles. The highest BCUT2D eigenvalue weighted by Crippen LogP contribution is 2.19. The van der Waals surface area contributed by atoms with E-state index in [-0.39, 0.29) is 12.1 Å². The van der Waals surface area contributed by atoms with Crippen LogP contribution < -0.4 is 10.2 Å². The van der Waals surface area contributed by atoms with Gasteiger partial charge in [-0.05, 0) is 25.0 Å². The summed E-state index contributed by atoms with van der Waals surface area (Å²) in [5.74, 6) is 0. The van der Waals surface area contributed by atoms with E-state index in [0.29, 0.717) is 13.1 Å². The van der Waals surface area contributed by atoms with Crippen molar-refractivity contribution >= 4 is 11.7 Å². The van der Waals surface area contributed by atoms with Crippen LogP contribution in [0.3, 0.4) is 0 Å². The largest absolute Gasteiger partial charge is 0.391 e. The highest BCUT2D eigenvalue weighted by Gasteiger charge is 2.27. The number of hydrogen-bond acceptors (Lipinski definition) is 4. The van der Waals surface area contributed by atoms with E-state index in [9.17, 15) is 9.90 Å². The zero-order valence-electron chi connectivity index (χ0n) is 12.8. The number of pyridine rings is 1. The minimum Gasteiger partial charge on any atom is -0.391 e. The maximum atomic E-state index is 12.3. The highest BCUT2D eigenvalue weighted by atomic mass is 16.3. The van der Waals surface area contributed by atoms with Gasteiger partial charge in [-0.25, -0.2) is 4.79 Å². The van der Waals surface area contributed by atoms with Crippen LogP contribution in [0.15, 0.2) is 24.5 Å². The SMILES string of the molecule is O=C(N[C@@H]1CCCC[C@H]1O)N1CCN(c2ccncc2)CC1. The van der Waals surface area contributed by atoms with E-state index in [1.807, 2.05) is 17.0 Å². The molecule has 2 aliphatic rings. The first-order valence-electron chi connectivity index (χ1n) is 8.12.